The van der Waals surface area contributed by atoms with Crippen LogP contribution in [0.1, 0.15) is 6.42 Å². The fraction of sp³-hybridized carbons (Fsp3) is 0.312. The van der Waals surface area contributed by atoms with E-state index in [2.05, 4.69) is 4.98 Å². The van der Waals surface area contributed by atoms with Crippen LogP contribution in [0.4, 0.5) is 10.1 Å². The number of hydrogen-bond donors (Lipinski definition) is 0. The molecule has 1 aliphatic heterocycles. The number of nitrogens with zero attached hydrogens (tertiary/aromatic N) is 3. The number of benzene rings is 1. The summed E-state index contributed by atoms with van der Waals surface area (Å²) in [7, 11) is -3.67. The summed E-state index contributed by atoms with van der Waals surface area (Å²) < 4.78 is 40.0. The summed E-state index contributed by atoms with van der Waals surface area (Å²) in [5.41, 5.74) is 0.666. The molecule has 3 rings (SSSR count). The molecule has 2 heterocycles. The van der Waals surface area contributed by atoms with Crippen molar-refractivity contribution in [1.82, 2.24) is 9.29 Å². The number of aromatic nitrogens is 1. The first kappa shape index (κ1) is 18.4. The molecule has 0 N–H and O–H groups in total. The summed E-state index contributed by atoms with van der Waals surface area (Å²) in [6, 6.07) is 4.86. The van der Waals surface area contributed by atoms with Crippen LogP contribution in [0.15, 0.2) is 41.6 Å². The Kier molecular flexibility index (Phi) is 5.48. The molecule has 0 spiro atoms. The van der Waals surface area contributed by atoms with Crippen LogP contribution in [-0.2, 0) is 10.0 Å². The highest BCUT2D eigenvalue weighted by molar-refractivity contribution is 7.89. The zero-order valence-electron chi connectivity index (χ0n) is 13.2. The summed E-state index contributed by atoms with van der Waals surface area (Å²) in [6.45, 7) is 1.73. The number of hydrogen-bond acceptors (Lipinski definition) is 4. The van der Waals surface area contributed by atoms with Gasteiger partial charge in [0.25, 0.3) is 0 Å². The lowest BCUT2D eigenvalue weighted by Gasteiger charge is -2.25. The van der Waals surface area contributed by atoms with Gasteiger partial charge in [-0.05, 0) is 30.7 Å². The van der Waals surface area contributed by atoms with Gasteiger partial charge in [-0.2, -0.15) is 4.31 Å². The van der Waals surface area contributed by atoms with Crippen LogP contribution in [-0.4, -0.2) is 43.9 Å². The predicted molar refractivity (Wildman–Crippen MR) is 96.2 cm³/mol. The van der Waals surface area contributed by atoms with Crippen molar-refractivity contribution >= 4 is 38.9 Å². The van der Waals surface area contributed by atoms with E-state index in [0.717, 1.165) is 12.1 Å². The van der Waals surface area contributed by atoms with Crippen LogP contribution in [0.25, 0.3) is 0 Å². The van der Waals surface area contributed by atoms with Crippen molar-refractivity contribution < 1.29 is 12.8 Å². The number of halogens is 3. The monoisotopic (exact) mass is 403 g/mol. The standard InChI is InChI=1S/C16H16Cl2FN3O2S/c17-14-10-20-11-15(18)16(14)21-6-1-7-22(9-8-21)25(23,24)13-4-2-12(19)3-5-13/h2-5,10-11H,1,6-9H2. The highest BCUT2D eigenvalue weighted by Gasteiger charge is 2.28. The van der Waals surface area contributed by atoms with Crippen molar-refractivity contribution in [3.05, 3.63) is 52.5 Å². The molecule has 134 valence electrons. The van der Waals surface area contributed by atoms with Crippen LogP contribution in [0, 0.1) is 5.82 Å². The molecular formula is C16H16Cl2FN3O2S. The molecule has 0 unspecified atom stereocenters. The molecule has 5 nitrogen and oxygen atoms in total. The Morgan fingerprint density at radius 3 is 2.24 bits per heavy atom. The number of pyridine rings is 1. The Bertz CT molecular complexity index is 842. The van der Waals surface area contributed by atoms with Crippen LogP contribution in [0.5, 0.6) is 0 Å². The highest BCUT2D eigenvalue weighted by atomic mass is 35.5. The van der Waals surface area contributed by atoms with Crippen molar-refractivity contribution in [3.8, 4) is 0 Å². The second kappa shape index (κ2) is 7.45. The van der Waals surface area contributed by atoms with Gasteiger partial charge in [-0.3, -0.25) is 4.98 Å². The van der Waals surface area contributed by atoms with E-state index in [1.165, 1.54) is 28.8 Å². The zero-order valence-corrected chi connectivity index (χ0v) is 15.5. The molecule has 0 saturated carbocycles. The molecule has 1 aliphatic rings. The van der Waals surface area contributed by atoms with Crippen LogP contribution >= 0.6 is 23.2 Å². The van der Waals surface area contributed by atoms with Crippen LogP contribution in [0.3, 0.4) is 0 Å². The Hall–Kier alpha value is -1.41. The number of rotatable bonds is 3. The van der Waals surface area contributed by atoms with Gasteiger partial charge in [0, 0.05) is 38.6 Å². The van der Waals surface area contributed by atoms with Crippen molar-refractivity contribution in [2.75, 3.05) is 31.1 Å². The maximum Gasteiger partial charge on any atom is 0.243 e. The van der Waals surface area contributed by atoms with Gasteiger partial charge in [0.15, 0.2) is 0 Å². The van der Waals surface area contributed by atoms with E-state index < -0.39 is 15.8 Å². The highest BCUT2D eigenvalue weighted by Crippen LogP contribution is 2.33. The minimum absolute atomic E-state index is 0.0855. The topological polar surface area (TPSA) is 53.5 Å². The fourth-order valence-electron chi connectivity index (χ4n) is 2.82. The Labute approximate surface area is 156 Å². The lowest BCUT2D eigenvalue weighted by molar-refractivity contribution is 0.433. The molecule has 2 aromatic rings. The molecule has 1 saturated heterocycles. The fourth-order valence-corrected chi connectivity index (χ4v) is 4.89. The van der Waals surface area contributed by atoms with Gasteiger partial charge in [0.05, 0.1) is 20.6 Å². The summed E-state index contributed by atoms with van der Waals surface area (Å²) in [5, 5.41) is 0.865. The van der Waals surface area contributed by atoms with E-state index in [-0.39, 0.29) is 11.4 Å². The zero-order chi connectivity index (χ0) is 18.0. The molecule has 25 heavy (non-hydrogen) atoms. The number of anilines is 1. The second-order valence-electron chi connectivity index (χ2n) is 5.65. The van der Waals surface area contributed by atoms with Gasteiger partial charge in [-0.25, -0.2) is 12.8 Å². The van der Waals surface area contributed by atoms with Crippen molar-refractivity contribution in [2.45, 2.75) is 11.3 Å². The van der Waals surface area contributed by atoms with Crippen molar-refractivity contribution in [1.29, 1.82) is 0 Å². The molecule has 1 aromatic heterocycles. The van der Waals surface area contributed by atoms with Gasteiger partial charge in [0.1, 0.15) is 5.82 Å². The van der Waals surface area contributed by atoms with E-state index in [1.807, 2.05) is 4.90 Å². The minimum Gasteiger partial charge on any atom is -0.368 e. The Morgan fingerprint density at radius 1 is 0.960 bits per heavy atom. The number of sulfonamides is 1. The summed E-state index contributed by atoms with van der Waals surface area (Å²) >= 11 is 12.4. The largest absolute Gasteiger partial charge is 0.368 e. The average Bonchev–Trinajstić information content (AvgIpc) is 2.82. The van der Waals surface area contributed by atoms with Crippen LogP contribution in [0.2, 0.25) is 10.0 Å². The van der Waals surface area contributed by atoms with E-state index in [0.29, 0.717) is 41.8 Å². The first-order valence-corrected chi connectivity index (χ1v) is 9.89. The Balaban J connectivity index is 1.81. The van der Waals surface area contributed by atoms with Crippen molar-refractivity contribution in [2.24, 2.45) is 0 Å². The maximum absolute atomic E-state index is 13.1. The normalized spacial score (nSPS) is 16.7. The van der Waals surface area contributed by atoms with Crippen LogP contribution < -0.4 is 4.90 Å². The molecular weight excluding hydrogens is 388 g/mol. The first-order valence-electron chi connectivity index (χ1n) is 7.69. The minimum atomic E-state index is -3.67. The molecule has 1 fully saturated rings. The third kappa shape index (κ3) is 3.89. The molecule has 0 amide bonds. The molecule has 0 bridgehead atoms. The van der Waals surface area contributed by atoms with E-state index in [4.69, 9.17) is 23.2 Å². The molecule has 1 aromatic carbocycles. The van der Waals surface area contributed by atoms with Gasteiger partial charge >= 0.3 is 0 Å². The summed E-state index contributed by atoms with van der Waals surface area (Å²) in [4.78, 5) is 5.99. The van der Waals surface area contributed by atoms with E-state index in [1.54, 1.807) is 0 Å². The molecule has 0 radical (unpaired) electrons. The predicted octanol–water partition coefficient (Wildman–Crippen LogP) is 3.43. The SMILES string of the molecule is O=S(=O)(c1ccc(F)cc1)N1CCCN(c2c(Cl)cncc2Cl)CC1. The third-order valence-electron chi connectivity index (χ3n) is 4.05. The second-order valence-corrected chi connectivity index (χ2v) is 8.40. The van der Waals surface area contributed by atoms with E-state index in [9.17, 15) is 12.8 Å². The lowest BCUT2D eigenvalue weighted by Crippen LogP contribution is -2.35. The smallest absolute Gasteiger partial charge is 0.243 e. The van der Waals surface area contributed by atoms with E-state index >= 15 is 0 Å². The molecule has 0 aliphatic carbocycles. The third-order valence-corrected chi connectivity index (χ3v) is 6.52. The summed E-state index contributed by atoms with van der Waals surface area (Å²) in [5.74, 6) is -0.469. The average molecular weight is 404 g/mol. The quantitative estimate of drug-likeness (QED) is 0.787. The maximum atomic E-state index is 13.1. The van der Waals surface area contributed by atoms with Gasteiger partial charge in [0.2, 0.25) is 10.0 Å². The van der Waals surface area contributed by atoms with Crippen molar-refractivity contribution in [3.63, 3.8) is 0 Å². The first-order chi connectivity index (χ1) is 11.9. The van der Waals surface area contributed by atoms with Gasteiger partial charge in [-0.15, -0.1) is 0 Å². The molecule has 9 heteroatoms. The molecule has 0 atom stereocenters. The Morgan fingerprint density at radius 2 is 1.60 bits per heavy atom. The summed E-state index contributed by atoms with van der Waals surface area (Å²) in [6.07, 6.45) is 3.65. The van der Waals surface area contributed by atoms with Gasteiger partial charge < -0.3 is 4.90 Å². The lowest BCUT2D eigenvalue weighted by atomic mass is 10.3. The van der Waals surface area contributed by atoms with Gasteiger partial charge in [-0.1, -0.05) is 23.2 Å².